The number of hydrogen-bond acceptors (Lipinski definition) is 5. The van der Waals surface area contributed by atoms with Crippen LogP contribution in [-0.2, 0) is 9.53 Å². The Balaban J connectivity index is 3.21. The van der Waals surface area contributed by atoms with Crippen LogP contribution in [0.4, 0.5) is 5.00 Å². The van der Waals surface area contributed by atoms with E-state index in [9.17, 15) is 9.59 Å². The fourth-order valence-corrected chi connectivity index (χ4v) is 3.41. The maximum atomic E-state index is 12.3. The van der Waals surface area contributed by atoms with Crippen LogP contribution in [0.3, 0.4) is 0 Å². The van der Waals surface area contributed by atoms with Gasteiger partial charge in [-0.15, -0.1) is 11.3 Å². The normalized spacial score (nSPS) is 12.0. The number of hydrogen-bond donors (Lipinski definition) is 1. The third kappa shape index (κ3) is 4.22. The van der Waals surface area contributed by atoms with E-state index < -0.39 is 11.9 Å². The Kier molecular flexibility index (Phi) is 6.87. The Labute approximate surface area is 135 Å². The molecule has 1 aromatic heterocycles. The van der Waals surface area contributed by atoms with E-state index in [2.05, 4.69) is 0 Å². The summed E-state index contributed by atoms with van der Waals surface area (Å²) in [7, 11) is 0. The summed E-state index contributed by atoms with van der Waals surface area (Å²) >= 11 is 1.53. The first-order valence-corrected chi connectivity index (χ1v) is 8.39. The molecule has 0 spiro atoms. The fraction of sp³-hybridized carbons (Fsp3) is 0.625. The van der Waals surface area contributed by atoms with Gasteiger partial charge >= 0.3 is 11.9 Å². The smallest absolute Gasteiger partial charge is 0.341 e. The van der Waals surface area contributed by atoms with Gasteiger partial charge in [-0.2, -0.15) is 0 Å². The van der Waals surface area contributed by atoms with E-state index in [-0.39, 0.29) is 5.97 Å². The van der Waals surface area contributed by atoms with E-state index in [1.165, 1.54) is 11.3 Å². The van der Waals surface area contributed by atoms with Gasteiger partial charge in [0.25, 0.3) is 0 Å². The van der Waals surface area contributed by atoms with Crippen LogP contribution in [0.5, 0.6) is 0 Å². The molecule has 0 radical (unpaired) electrons. The quantitative estimate of drug-likeness (QED) is 0.740. The standard InChI is InChI=1S/C16H25NO4S/c1-6-8-17(9-10(3)15(18)19)14-13(16(20)21-7-2)11(4)12(5)22-14/h10H,6-9H2,1-5H3,(H,18,19). The minimum Gasteiger partial charge on any atom is -0.481 e. The van der Waals surface area contributed by atoms with Crippen LogP contribution < -0.4 is 4.90 Å². The SMILES string of the molecule is CCCN(CC(C)C(=O)O)c1sc(C)c(C)c1C(=O)OCC. The van der Waals surface area contributed by atoms with Crippen LogP contribution in [0.25, 0.3) is 0 Å². The van der Waals surface area contributed by atoms with Gasteiger partial charge in [0.15, 0.2) is 0 Å². The number of thiophene rings is 1. The van der Waals surface area contributed by atoms with Crippen molar-refractivity contribution in [3.05, 3.63) is 16.0 Å². The molecule has 0 aliphatic heterocycles. The van der Waals surface area contributed by atoms with E-state index in [0.29, 0.717) is 25.3 Å². The highest BCUT2D eigenvalue weighted by Gasteiger charge is 2.26. The summed E-state index contributed by atoms with van der Waals surface area (Å²) < 4.78 is 5.17. The van der Waals surface area contributed by atoms with E-state index in [1.54, 1.807) is 13.8 Å². The molecule has 1 aromatic rings. The maximum Gasteiger partial charge on any atom is 0.341 e. The minimum atomic E-state index is -0.830. The summed E-state index contributed by atoms with van der Waals surface area (Å²) in [6.45, 7) is 10.8. The molecule has 0 aliphatic rings. The number of carboxylic acids is 1. The van der Waals surface area contributed by atoms with Crippen LogP contribution in [0.15, 0.2) is 0 Å². The lowest BCUT2D eigenvalue weighted by Crippen LogP contribution is -2.33. The second-order valence-corrected chi connectivity index (χ2v) is 6.57. The fourth-order valence-electron chi connectivity index (χ4n) is 2.23. The summed E-state index contributed by atoms with van der Waals surface area (Å²) in [5.74, 6) is -1.66. The minimum absolute atomic E-state index is 0.325. The van der Waals surface area contributed by atoms with Crippen molar-refractivity contribution in [2.24, 2.45) is 5.92 Å². The number of carboxylic acid groups (broad SMARTS) is 1. The molecule has 1 unspecified atom stereocenters. The monoisotopic (exact) mass is 327 g/mol. The first kappa shape index (κ1) is 18.5. The van der Waals surface area contributed by atoms with E-state index in [0.717, 1.165) is 21.9 Å². The lowest BCUT2D eigenvalue weighted by molar-refractivity contribution is -0.140. The van der Waals surface area contributed by atoms with Crippen LogP contribution in [0.2, 0.25) is 0 Å². The van der Waals surface area contributed by atoms with Crippen LogP contribution in [0.1, 0.15) is 48.0 Å². The lowest BCUT2D eigenvalue weighted by atomic mass is 10.1. The van der Waals surface area contributed by atoms with Gasteiger partial charge in [-0.25, -0.2) is 4.79 Å². The number of aliphatic carboxylic acids is 1. The highest BCUT2D eigenvalue weighted by Crippen LogP contribution is 2.36. The molecule has 22 heavy (non-hydrogen) atoms. The van der Waals surface area contributed by atoms with Crippen molar-refractivity contribution in [2.45, 2.75) is 41.0 Å². The average Bonchev–Trinajstić information content (AvgIpc) is 2.74. The zero-order chi connectivity index (χ0) is 16.9. The highest BCUT2D eigenvalue weighted by atomic mass is 32.1. The lowest BCUT2D eigenvalue weighted by Gasteiger charge is -2.25. The molecule has 0 aliphatic carbocycles. The third-order valence-corrected chi connectivity index (χ3v) is 4.81. The van der Waals surface area contributed by atoms with Gasteiger partial charge in [-0.05, 0) is 32.8 Å². The van der Waals surface area contributed by atoms with Gasteiger partial charge in [-0.3, -0.25) is 4.79 Å². The van der Waals surface area contributed by atoms with Gasteiger partial charge < -0.3 is 14.7 Å². The molecule has 0 bridgehead atoms. The summed E-state index contributed by atoms with van der Waals surface area (Å²) in [4.78, 5) is 26.5. The Morgan fingerprint density at radius 2 is 1.95 bits per heavy atom. The van der Waals surface area contributed by atoms with Crippen molar-refractivity contribution in [1.29, 1.82) is 0 Å². The molecule has 0 amide bonds. The number of anilines is 1. The van der Waals surface area contributed by atoms with Crippen LogP contribution in [-0.4, -0.2) is 36.7 Å². The number of ether oxygens (including phenoxy) is 1. The predicted octanol–water partition coefficient (Wildman–Crippen LogP) is 3.48. The number of nitrogens with zero attached hydrogens (tertiary/aromatic N) is 1. The van der Waals surface area contributed by atoms with Gasteiger partial charge in [0.2, 0.25) is 0 Å². The zero-order valence-electron chi connectivity index (χ0n) is 13.9. The van der Waals surface area contributed by atoms with Gasteiger partial charge in [-0.1, -0.05) is 13.8 Å². The maximum absolute atomic E-state index is 12.3. The Morgan fingerprint density at radius 3 is 2.45 bits per heavy atom. The van der Waals surface area contributed by atoms with Crippen molar-refractivity contribution < 1.29 is 19.4 Å². The first-order valence-electron chi connectivity index (χ1n) is 7.58. The molecule has 0 aromatic carbocycles. The van der Waals surface area contributed by atoms with E-state index in [4.69, 9.17) is 9.84 Å². The largest absolute Gasteiger partial charge is 0.481 e. The third-order valence-electron chi connectivity index (χ3n) is 3.54. The number of carbonyl (C=O) groups is 2. The van der Waals surface area contributed by atoms with E-state index in [1.807, 2.05) is 25.7 Å². The summed E-state index contributed by atoms with van der Waals surface area (Å²) in [6.07, 6.45) is 0.880. The van der Waals surface area contributed by atoms with Gasteiger partial charge in [0.05, 0.1) is 18.1 Å². The topological polar surface area (TPSA) is 66.8 Å². The number of rotatable bonds is 8. The highest BCUT2D eigenvalue weighted by molar-refractivity contribution is 7.16. The van der Waals surface area contributed by atoms with Crippen molar-refractivity contribution >= 4 is 28.3 Å². The predicted molar refractivity (Wildman–Crippen MR) is 89.1 cm³/mol. The van der Waals surface area contributed by atoms with Gasteiger partial charge in [0, 0.05) is 18.0 Å². The summed E-state index contributed by atoms with van der Waals surface area (Å²) in [5.41, 5.74) is 1.50. The molecule has 6 heteroatoms. The second kappa shape index (κ2) is 8.17. The van der Waals surface area contributed by atoms with Crippen LogP contribution in [0, 0.1) is 19.8 Å². The second-order valence-electron chi connectivity index (χ2n) is 5.37. The Morgan fingerprint density at radius 1 is 1.32 bits per heavy atom. The van der Waals surface area contributed by atoms with Crippen molar-refractivity contribution in [1.82, 2.24) is 0 Å². The van der Waals surface area contributed by atoms with E-state index >= 15 is 0 Å². The molecule has 1 N–H and O–H groups in total. The van der Waals surface area contributed by atoms with Crippen molar-refractivity contribution in [3.8, 4) is 0 Å². The molecular weight excluding hydrogens is 302 g/mol. The molecule has 1 heterocycles. The Hall–Kier alpha value is -1.56. The average molecular weight is 327 g/mol. The van der Waals surface area contributed by atoms with Crippen LogP contribution >= 0.6 is 11.3 Å². The van der Waals surface area contributed by atoms with Crippen molar-refractivity contribution in [3.63, 3.8) is 0 Å². The molecule has 0 fully saturated rings. The molecule has 1 atom stereocenters. The molecule has 1 rings (SSSR count). The zero-order valence-corrected chi connectivity index (χ0v) is 14.7. The molecule has 124 valence electrons. The molecular formula is C16H25NO4S. The molecule has 0 saturated heterocycles. The summed E-state index contributed by atoms with van der Waals surface area (Å²) in [6, 6.07) is 0. The van der Waals surface area contributed by atoms with Gasteiger partial charge in [0.1, 0.15) is 5.00 Å². The first-order chi connectivity index (χ1) is 10.3. The number of aryl methyl sites for hydroxylation is 1. The molecule has 5 nitrogen and oxygen atoms in total. The Bertz CT molecular complexity index is 538. The van der Waals surface area contributed by atoms with Crippen molar-refractivity contribution in [2.75, 3.05) is 24.6 Å². The molecule has 0 saturated carbocycles. The number of carbonyl (C=O) groups excluding carboxylic acids is 1. The summed E-state index contributed by atoms with van der Waals surface area (Å²) in [5, 5.41) is 9.98. The number of esters is 1.